The van der Waals surface area contributed by atoms with Gasteiger partial charge in [0.25, 0.3) is 5.56 Å². The van der Waals surface area contributed by atoms with Crippen LogP contribution in [-0.2, 0) is 12.3 Å². The Labute approximate surface area is 137 Å². The maximum atomic E-state index is 11.8. The molecule has 0 bridgehead atoms. The van der Waals surface area contributed by atoms with Crippen molar-refractivity contribution < 1.29 is 0 Å². The van der Waals surface area contributed by atoms with Gasteiger partial charge < -0.3 is 5.32 Å². The maximum absolute atomic E-state index is 11.8. The van der Waals surface area contributed by atoms with Crippen molar-refractivity contribution >= 4 is 17.7 Å². The van der Waals surface area contributed by atoms with Gasteiger partial charge in [0.1, 0.15) is 0 Å². The fraction of sp³-hybridized carbons (Fsp3) is 0.125. The van der Waals surface area contributed by atoms with E-state index >= 15 is 0 Å². The summed E-state index contributed by atoms with van der Waals surface area (Å²) in [7, 11) is 0. The Morgan fingerprint density at radius 3 is 2.91 bits per heavy atom. The van der Waals surface area contributed by atoms with Crippen molar-refractivity contribution in [2.24, 2.45) is 0 Å². The average molecular weight is 325 g/mol. The first kappa shape index (κ1) is 15.2. The molecule has 7 heteroatoms. The zero-order valence-electron chi connectivity index (χ0n) is 12.3. The van der Waals surface area contributed by atoms with Crippen LogP contribution in [0.2, 0.25) is 0 Å². The van der Waals surface area contributed by atoms with Crippen molar-refractivity contribution in [3.05, 3.63) is 76.6 Å². The molecule has 2 N–H and O–H groups in total. The van der Waals surface area contributed by atoms with Crippen LogP contribution in [0.1, 0.15) is 11.3 Å². The number of aromatic nitrogens is 4. The van der Waals surface area contributed by atoms with E-state index in [1.807, 2.05) is 30.3 Å². The molecular formula is C16H15N5OS. The molecule has 0 aliphatic carbocycles. The molecule has 3 rings (SSSR count). The number of hydrogen-bond acceptors (Lipinski definition) is 6. The molecule has 23 heavy (non-hydrogen) atoms. The quantitative estimate of drug-likeness (QED) is 0.677. The van der Waals surface area contributed by atoms with Crippen molar-refractivity contribution in [1.29, 1.82) is 0 Å². The number of aromatic amines is 1. The predicted molar refractivity (Wildman–Crippen MR) is 90.2 cm³/mol. The van der Waals surface area contributed by atoms with Gasteiger partial charge in [-0.15, -0.1) is 11.8 Å². The van der Waals surface area contributed by atoms with Crippen LogP contribution in [0.15, 0.2) is 64.8 Å². The average Bonchev–Trinajstić information content (AvgIpc) is 2.60. The molecule has 6 nitrogen and oxygen atoms in total. The number of H-pyrrole nitrogens is 1. The maximum Gasteiger partial charge on any atom is 0.252 e. The highest BCUT2D eigenvalue weighted by Crippen LogP contribution is 2.18. The SMILES string of the molecule is O=c1cc(CSc2ccccn2)nc(NCc2cccnc2)[nH]1. The van der Waals surface area contributed by atoms with Gasteiger partial charge in [0, 0.05) is 37.0 Å². The third kappa shape index (κ3) is 4.65. The summed E-state index contributed by atoms with van der Waals surface area (Å²) in [5.41, 5.74) is 1.55. The Balaban J connectivity index is 1.65. The van der Waals surface area contributed by atoms with E-state index in [1.54, 1.807) is 30.4 Å². The Bertz CT molecular complexity index is 743. The molecule has 116 valence electrons. The summed E-state index contributed by atoms with van der Waals surface area (Å²) in [5.74, 6) is 1.04. The van der Waals surface area contributed by atoms with Gasteiger partial charge in [-0.2, -0.15) is 0 Å². The molecule has 0 spiro atoms. The van der Waals surface area contributed by atoms with E-state index in [1.165, 1.54) is 6.07 Å². The Hall–Kier alpha value is -2.67. The van der Waals surface area contributed by atoms with E-state index in [-0.39, 0.29) is 5.56 Å². The molecule has 3 aromatic heterocycles. The topological polar surface area (TPSA) is 83.6 Å². The summed E-state index contributed by atoms with van der Waals surface area (Å²) in [6.45, 7) is 0.549. The summed E-state index contributed by atoms with van der Waals surface area (Å²) in [6, 6.07) is 11.1. The van der Waals surface area contributed by atoms with Crippen molar-refractivity contribution in [1.82, 2.24) is 19.9 Å². The lowest BCUT2D eigenvalue weighted by atomic mass is 10.3. The fourth-order valence-electron chi connectivity index (χ4n) is 1.93. The van der Waals surface area contributed by atoms with Crippen molar-refractivity contribution in [3.8, 4) is 0 Å². The monoisotopic (exact) mass is 325 g/mol. The van der Waals surface area contributed by atoms with Crippen LogP contribution >= 0.6 is 11.8 Å². The third-order valence-electron chi connectivity index (χ3n) is 2.98. The minimum Gasteiger partial charge on any atom is -0.352 e. The van der Waals surface area contributed by atoms with E-state index in [9.17, 15) is 4.79 Å². The summed E-state index contributed by atoms with van der Waals surface area (Å²) < 4.78 is 0. The van der Waals surface area contributed by atoms with Crippen LogP contribution in [0, 0.1) is 0 Å². The molecule has 0 saturated heterocycles. The number of anilines is 1. The van der Waals surface area contributed by atoms with Gasteiger partial charge in [-0.05, 0) is 23.8 Å². The first-order valence-electron chi connectivity index (χ1n) is 7.06. The van der Waals surface area contributed by atoms with Crippen LogP contribution in [0.4, 0.5) is 5.95 Å². The Kier molecular flexibility index (Phi) is 5.00. The molecule has 0 fully saturated rings. The van der Waals surface area contributed by atoms with Crippen LogP contribution in [0.25, 0.3) is 0 Å². The zero-order valence-corrected chi connectivity index (χ0v) is 13.1. The second-order valence-electron chi connectivity index (χ2n) is 4.76. The molecule has 0 aliphatic rings. The van der Waals surface area contributed by atoms with E-state index in [4.69, 9.17) is 0 Å². The molecule has 0 amide bonds. The smallest absolute Gasteiger partial charge is 0.252 e. The standard InChI is InChI=1S/C16H15N5OS/c22-14-8-13(11-23-15-5-1-2-7-18-15)20-16(21-14)19-10-12-4-3-6-17-9-12/h1-9H,10-11H2,(H2,19,20,21,22). The second-order valence-corrected chi connectivity index (χ2v) is 5.75. The van der Waals surface area contributed by atoms with Crippen LogP contribution in [-0.4, -0.2) is 19.9 Å². The number of hydrogen-bond donors (Lipinski definition) is 2. The molecule has 0 aliphatic heterocycles. The van der Waals surface area contributed by atoms with E-state index in [2.05, 4.69) is 25.3 Å². The van der Waals surface area contributed by atoms with Crippen LogP contribution in [0.3, 0.4) is 0 Å². The number of nitrogens with zero attached hydrogens (tertiary/aromatic N) is 3. The zero-order chi connectivity index (χ0) is 15.9. The van der Waals surface area contributed by atoms with Crippen molar-refractivity contribution in [3.63, 3.8) is 0 Å². The number of rotatable bonds is 6. The van der Waals surface area contributed by atoms with Crippen LogP contribution < -0.4 is 10.9 Å². The number of nitrogens with one attached hydrogen (secondary N) is 2. The lowest BCUT2D eigenvalue weighted by molar-refractivity contribution is 0.995. The highest BCUT2D eigenvalue weighted by atomic mass is 32.2. The summed E-state index contributed by atoms with van der Waals surface area (Å²) >= 11 is 1.54. The van der Waals surface area contributed by atoms with Gasteiger partial charge >= 0.3 is 0 Å². The lowest BCUT2D eigenvalue weighted by Gasteiger charge is -2.07. The van der Waals surface area contributed by atoms with E-state index < -0.39 is 0 Å². The Morgan fingerprint density at radius 1 is 1.17 bits per heavy atom. The van der Waals surface area contributed by atoms with Crippen molar-refractivity contribution in [2.75, 3.05) is 5.32 Å². The van der Waals surface area contributed by atoms with Gasteiger partial charge in [0.05, 0.1) is 10.7 Å². The van der Waals surface area contributed by atoms with Gasteiger partial charge in [-0.3, -0.25) is 14.8 Å². The molecular weight excluding hydrogens is 310 g/mol. The highest BCUT2D eigenvalue weighted by Gasteiger charge is 2.03. The molecule has 0 saturated carbocycles. The summed E-state index contributed by atoms with van der Waals surface area (Å²) in [6.07, 6.45) is 5.24. The van der Waals surface area contributed by atoms with Gasteiger partial charge in [0.15, 0.2) is 0 Å². The minimum absolute atomic E-state index is 0.176. The second kappa shape index (κ2) is 7.55. The van der Waals surface area contributed by atoms with Crippen LogP contribution in [0.5, 0.6) is 0 Å². The Morgan fingerprint density at radius 2 is 2.13 bits per heavy atom. The van der Waals surface area contributed by atoms with E-state index in [0.717, 1.165) is 10.6 Å². The van der Waals surface area contributed by atoms with Crippen molar-refractivity contribution in [2.45, 2.75) is 17.3 Å². The predicted octanol–water partition coefficient (Wildman–Crippen LogP) is 2.46. The highest BCUT2D eigenvalue weighted by molar-refractivity contribution is 7.98. The lowest BCUT2D eigenvalue weighted by Crippen LogP contribution is -2.13. The van der Waals surface area contributed by atoms with Gasteiger partial charge in [0.2, 0.25) is 5.95 Å². The number of thioether (sulfide) groups is 1. The molecule has 3 aromatic rings. The number of pyridine rings is 2. The third-order valence-corrected chi connectivity index (χ3v) is 3.96. The molecule has 0 radical (unpaired) electrons. The van der Waals surface area contributed by atoms with Gasteiger partial charge in [-0.1, -0.05) is 12.1 Å². The summed E-state index contributed by atoms with van der Waals surface area (Å²) in [5, 5.41) is 4.01. The minimum atomic E-state index is -0.176. The molecule has 0 atom stereocenters. The normalized spacial score (nSPS) is 10.4. The molecule has 0 unspecified atom stereocenters. The van der Waals surface area contributed by atoms with E-state index in [0.29, 0.717) is 23.9 Å². The molecule has 0 aromatic carbocycles. The largest absolute Gasteiger partial charge is 0.352 e. The first-order chi connectivity index (χ1) is 11.3. The van der Waals surface area contributed by atoms with Gasteiger partial charge in [-0.25, -0.2) is 9.97 Å². The fourth-order valence-corrected chi connectivity index (χ4v) is 2.69. The summed E-state index contributed by atoms with van der Waals surface area (Å²) in [4.78, 5) is 27.2. The first-order valence-corrected chi connectivity index (χ1v) is 8.05. The molecule has 3 heterocycles.